The molecular weight excluding hydrogens is 410 g/mol. The number of para-hydroxylation sites is 1. The number of sulfone groups is 1. The lowest BCUT2D eigenvalue weighted by Gasteiger charge is -2.18. The molecule has 2 aromatic carbocycles. The lowest BCUT2D eigenvalue weighted by Crippen LogP contribution is -2.36. The molecule has 1 aromatic heterocycles. The van der Waals surface area contributed by atoms with E-state index in [1.807, 2.05) is 49.4 Å². The van der Waals surface area contributed by atoms with Gasteiger partial charge in [0.25, 0.3) is 0 Å². The number of aryl methyl sites for hydroxylation is 1. The molecule has 0 bridgehead atoms. The lowest BCUT2D eigenvalue weighted by atomic mass is 10.2. The van der Waals surface area contributed by atoms with Gasteiger partial charge in [0.1, 0.15) is 6.54 Å². The average molecular weight is 442 g/mol. The molecular formula is C24H31N3O3S. The van der Waals surface area contributed by atoms with Crippen molar-refractivity contribution in [2.45, 2.75) is 38.0 Å². The highest BCUT2D eigenvalue weighted by atomic mass is 32.2. The molecule has 31 heavy (non-hydrogen) atoms. The number of carbonyl (C=O) groups excluding carboxylic acids is 1. The van der Waals surface area contributed by atoms with Crippen LogP contribution in [0.25, 0.3) is 10.9 Å². The highest BCUT2D eigenvalue weighted by Gasteiger charge is 2.22. The minimum absolute atomic E-state index is 0.0721. The highest BCUT2D eigenvalue weighted by molar-refractivity contribution is 7.90. The molecule has 1 N–H and O–H groups in total. The van der Waals surface area contributed by atoms with Crippen LogP contribution in [0.2, 0.25) is 0 Å². The average Bonchev–Trinajstić information content (AvgIpc) is 3.12. The van der Waals surface area contributed by atoms with Gasteiger partial charge in [0, 0.05) is 30.2 Å². The molecule has 0 aliphatic carbocycles. The summed E-state index contributed by atoms with van der Waals surface area (Å²) in [6, 6.07) is 14.8. The van der Waals surface area contributed by atoms with E-state index in [2.05, 4.69) is 24.1 Å². The Morgan fingerprint density at radius 2 is 1.71 bits per heavy atom. The molecule has 1 heterocycles. The third-order valence-electron chi connectivity index (χ3n) is 5.52. The van der Waals surface area contributed by atoms with E-state index in [-0.39, 0.29) is 23.1 Å². The number of likely N-dealkylation sites (N-methyl/N-ethyl adjacent to an activating group) is 1. The number of nitrogens with one attached hydrogen (secondary N) is 1. The van der Waals surface area contributed by atoms with Crippen molar-refractivity contribution in [3.63, 3.8) is 0 Å². The molecule has 0 radical (unpaired) electrons. The smallest absolute Gasteiger partial charge is 0.239 e. The summed E-state index contributed by atoms with van der Waals surface area (Å²) >= 11 is 0. The molecule has 0 fully saturated rings. The first-order valence-electron chi connectivity index (χ1n) is 10.7. The van der Waals surface area contributed by atoms with Gasteiger partial charge in [0.2, 0.25) is 5.91 Å². The summed E-state index contributed by atoms with van der Waals surface area (Å²) in [6.45, 7) is 9.48. The maximum Gasteiger partial charge on any atom is 0.239 e. The summed E-state index contributed by atoms with van der Waals surface area (Å²) in [5.41, 5.74) is 2.57. The van der Waals surface area contributed by atoms with Gasteiger partial charge in [-0.15, -0.1) is 0 Å². The van der Waals surface area contributed by atoms with Gasteiger partial charge in [0.15, 0.2) is 9.84 Å². The first-order valence-corrected chi connectivity index (χ1v) is 12.3. The lowest BCUT2D eigenvalue weighted by molar-refractivity contribution is -0.121. The molecule has 166 valence electrons. The van der Waals surface area contributed by atoms with Gasteiger partial charge in [-0.1, -0.05) is 61.9 Å². The van der Waals surface area contributed by atoms with Crippen molar-refractivity contribution < 1.29 is 13.2 Å². The predicted molar refractivity (Wildman–Crippen MR) is 125 cm³/mol. The number of hydrogen-bond donors (Lipinski definition) is 1. The van der Waals surface area contributed by atoms with Crippen molar-refractivity contribution >= 4 is 26.6 Å². The first-order chi connectivity index (χ1) is 14.8. The van der Waals surface area contributed by atoms with Crippen LogP contribution in [0.5, 0.6) is 0 Å². The minimum Gasteiger partial charge on any atom is -0.353 e. The Labute approximate surface area is 184 Å². The standard InChI is InChI=1S/C24H31N3O3S/c1-4-26(5-2)15-14-25-24(28)17-27-16-23(21-8-6-7-9-22(21)27)31(29,30)18-20-12-10-19(3)11-13-20/h6-13,16H,4-5,14-15,17-18H2,1-3H3,(H,25,28). The topological polar surface area (TPSA) is 71.4 Å². The molecule has 0 atom stereocenters. The number of rotatable bonds is 10. The Hall–Kier alpha value is -2.64. The quantitative estimate of drug-likeness (QED) is 0.524. The van der Waals surface area contributed by atoms with E-state index >= 15 is 0 Å². The molecule has 0 unspecified atom stereocenters. The van der Waals surface area contributed by atoms with Crippen molar-refractivity contribution in [1.29, 1.82) is 0 Å². The Kier molecular flexibility index (Phi) is 7.51. The number of carbonyl (C=O) groups is 1. The third-order valence-corrected chi connectivity index (χ3v) is 7.23. The SMILES string of the molecule is CCN(CC)CCNC(=O)Cn1cc(S(=O)(=O)Cc2ccc(C)cc2)c2ccccc21. The zero-order chi connectivity index (χ0) is 22.4. The molecule has 0 saturated carbocycles. The van der Waals surface area contributed by atoms with E-state index in [1.165, 1.54) is 0 Å². The molecule has 3 aromatic rings. The minimum atomic E-state index is -3.56. The predicted octanol–water partition coefficient (Wildman–Crippen LogP) is 3.38. The fourth-order valence-electron chi connectivity index (χ4n) is 3.68. The molecule has 6 nitrogen and oxygen atoms in total. The number of nitrogens with zero attached hydrogens (tertiary/aromatic N) is 2. The zero-order valence-corrected chi connectivity index (χ0v) is 19.3. The second-order valence-corrected chi connectivity index (χ2v) is 9.72. The maximum atomic E-state index is 13.2. The molecule has 0 aliphatic rings. The summed E-state index contributed by atoms with van der Waals surface area (Å²) in [4.78, 5) is 15.0. The fraction of sp³-hybridized carbons (Fsp3) is 0.375. The summed E-state index contributed by atoms with van der Waals surface area (Å²) in [5, 5.41) is 3.58. The molecule has 0 aliphatic heterocycles. The van der Waals surface area contributed by atoms with Crippen molar-refractivity contribution in [3.8, 4) is 0 Å². The highest BCUT2D eigenvalue weighted by Crippen LogP contribution is 2.28. The van der Waals surface area contributed by atoms with Crippen LogP contribution in [0.15, 0.2) is 59.6 Å². The van der Waals surface area contributed by atoms with E-state index in [4.69, 9.17) is 0 Å². The van der Waals surface area contributed by atoms with Gasteiger partial charge in [-0.25, -0.2) is 8.42 Å². The van der Waals surface area contributed by atoms with E-state index in [0.717, 1.165) is 36.3 Å². The zero-order valence-electron chi connectivity index (χ0n) is 18.5. The van der Waals surface area contributed by atoms with E-state index in [9.17, 15) is 13.2 Å². The van der Waals surface area contributed by atoms with Crippen LogP contribution in [0, 0.1) is 6.92 Å². The van der Waals surface area contributed by atoms with Crippen LogP contribution in [0.3, 0.4) is 0 Å². The Balaban J connectivity index is 1.80. The summed E-state index contributed by atoms with van der Waals surface area (Å²) in [7, 11) is -3.56. The second-order valence-electron chi connectivity index (χ2n) is 7.76. The number of fused-ring (bicyclic) bond motifs is 1. The van der Waals surface area contributed by atoms with Crippen molar-refractivity contribution in [3.05, 3.63) is 65.9 Å². The Bertz CT molecular complexity index is 1130. The van der Waals surface area contributed by atoms with E-state index in [1.54, 1.807) is 16.8 Å². The first kappa shape index (κ1) is 23.0. The Morgan fingerprint density at radius 3 is 2.39 bits per heavy atom. The van der Waals surface area contributed by atoms with Crippen molar-refractivity contribution in [1.82, 2.24) is 14.8 Å². The van der Waals surface area contributed by atoms with Gasteiger partial charge in [-0.2, -0.15) is 0 Å². The third kappa shape index (κ3) is 5.74. The summed E-state index contributed by atoms with van der Waals surface area (Å²) in [5.74, 6) is -0.201. The number of benzene rings is 2. The van der Waals surface area contributed by atoms with Crippen LogP contribution in [0.4, 0.5) is 0 Å². The fourth-order valence-corrected chi connectivity index (χ4v) is 5.26. The number of amides is 1. The van der Waals surface area contributed by atoms with Crippen LogP contribution < -0.4 is 5.32 Å². The van der Waals surface area contributed by atoms with Gasteiger partial charge in [0.05, 0.1) is 10.6 Å². The van der Waals surface area contributed by atoms with Crippen LogP contribution in [-0.4, -0.2) is 50.0 Å². The number of aromatic nitrogens is 1. The van der Waals surface area contributed by atoms with Gasteiger partial charge < -0.3 is 14.8 Å². The van der Waals surface area contributed by atoms with Gasteiger partial charge in [-0.05, 0) is 31.6 Å². The van der Waals surface area contributed by atoms with E-state index < -0.39 is 9.84 Å². The van der Waals surface area contributed by atoms with Crippen LogP contribution >= 0.6 is 0 Å². The van der Waals surface area contributed by atoms with E-state index in [0.29, 0.717) is 11.9 Å². The Morgan fingerprint density at radius 1 is 1.03 bits per heavy atom. The second kappa shape index (κ2) is 10.1. The molecule has 1 amide bonds. The van der Waals surface area contributed by atoms with Crippen LogP contribution in [-0.2, 0) is 26.9 Å². The largest absolute Gasteiger partial charge is 0.353 e. The number of hydrogen-bond acceptors (Lipinski definition) is 4. The summed E-state index contributed by atoms with van der Waals surface area (Å²) in [6.07, 6.45) is 1.60. The molecule has 0 saturated heterocycles. The maximum absolute atomic E-state index is 13.2. The summed E-state index contributed by atoms with van der Waals surface area (Å²) < 4.78 is 28.1. The molecule has 3 rings (SSSR count). The normalized spacial score (nSPS) is 11.9. The van der Waals surface area contributed by atoms with Crippen molar-refractivity contribution in [2.75, 3.05) is 26.2 Å². The van der Waals surface area contributed by atoms with Gasteiger partial charge >= 0.3 is 0 Å². The van der Waals surface area contributed by atoms with Crippen molar-refractivity contribution in [2.24, 2.45) is 0 Å². The molecule has 7 heteroatoms. The molecule has 0 spiro atoms. The van der Waals surface area contributed by atoms with Gasteiger partial charge in [-0.3, -0.25) is 4.79 Å². The monoisotopic (exact) mass is 441 g/mol. The van der Waals surface area contributed by atoms with Crippen LogP contribution in [0.1, 0.15) is 25.0 Å².